The summed E-state index contributed by atoms with van der Waals surface area (Å²) in [7, 11) is 0. The Morgan fingerprint density at radius 2 is 2.20 bits per heavy atom. The highest BCUT2D eigenvalue weighted by Gasteiger charge is 2.01. The molecule has 0 spiro atoms. The van der Waals surface area contributed by atoms with Crippen molar-refractivity contribution < 1.29 is 4.74 Å². The maximum Gasteiger partial charge on any atom is 0.124 e. The molecule has 0 fully saturated rings. The number of hydrogen-bond donors (Lipinski definition) is 0. The lowest BCUT2D eigenvalue weighted by molar-refractivity contribution is 0.307. The molecule has 2 rings (SSSR count). The summed E-state index contributed by atoms with van der Waals surface area (Å²) in [4.78, 5) is 5.16. The third-order valence-electron chi connectivity index (χ3n) is 2.20. The average molecular weight is 219 g/mol. The third kappa shape index (κ3) is 2.57. The lowest BCUT2D eigenvalue weighted by atomic mass is 10.1. The van der Waals surface area contributed by atoms with Gasteiger partial charge in [0.15, 0.2) is 0 Å². The van der Waals surface area contributed by atoms with Crippen molar-refractivity contribution in [2.45, 2.75) is 20.5 Å². The number of benzene rings is 1. The van der Waals surface area contributed by atoms with Gasteiger partial charge in [0, 0.05) is 6.20 Å². The zero-order valence-electron chi connectivity index (χ0n) is 8.86. The van der Waals surface area contributed by atoms with Gasteiger partial charge in [0.25, 0.3) is 0 Å². The average Bonchev–Trinajstić information content (AvgIpc) is 2.72. The molecule has 0 amide bonds. The van der Waals surface area contributed by atoms with Crippen molar-refractivity contribution in [2.75, 3.05) is 0 Å². The minimum Gasteiger partial charge on any atom is -0.488 e. The molecular weight excluding hydrogens is 206 g/mol. The largest absolute Gasteiger partial charge is 0.488 e. The maximum atomic E-state index is 5.73. The van der Waals surface area contributed by atoms with E-state index >= 15 is 0 Å². The summed E-state index contributed by atoms with van der Waals surface area (Å²) in [5, 5.41) is 0. The Kier molecular flexibility index (Phi) is 3.02. The Labute approximate surface area is 93.6 Å². The van der Waals surface area contributed by atoms with Gasteiger partial charge in [-0.3, -0.25) is 4.98 Å². The van der Waals surface area contributed by atoms with Gasteiger partial charge >= 0.3 is 0 Å². The van der Waals surface area contributed by atoms with Gasteiger partial charge in [0.2, 0.25) is 0 Å². The van der Waals surface area contributed by atoms with Crippen LogP contribution in [0.25, 0.3) is 0 Å². The van der Waals surface area contributed by atoms with Gasteiger partial charge in [-0.15, -0.1) is 11.3 Å². The van der Waals surface area contributed by atoms with E-state index < -0.39 is 0 Å². The Bertz CT molecular complexity index is 437. The summed E-state index contributed by atoms with van der Waals surface area (Å²) in [6, 6.07) is 6.24. The molecule has 0 aliphatic rings. The van der Waals surface area contributed by atoms with Gasteiger partial charge in [-0.2, -0.15) is 0 Å². The fraction of sp³-hybridized carbons (Fsp3) is 0.250. The number of aryl methyl sites for hydroxylation is 2. The van der Waals surface area contributed by atoms with Crippen LogP contribution in [-0.2, 0) is 6.61 Å². The topological polar surface area (TPSA) is 22.1 Å². The van der Waals surface area contributed by atoms with Crippen molar-refractivity contribution in [3.05, 3.63) is 45.9 Å². The van der Waals surface area contributed by atoms with Crippen LogP contribution in [0.5, 0.6) is 5.75 Å². The highest BCUT2D eigenvalue weighted by Crippen LogP contribution is 2.20. The summed E-state index contributed by atoms with van der Waals surface area (Å²) < 4.78 is 5.73. The molecule has 0 bridgehead atoms. The molecule has 78 valence electrons. The van der Waals surface area contributed by atoms with Crippen molar-refractivity contribution in [1.82, 2.24) is 4.98 Å². The second-order valence-electron chi connectivity index (χ2n) is 3.53. The van der Waals surface area contributed by atoms with Crippen molar-refractivity contribution >= 4 is 11.3 Å². The molecule has 15 heavy (non-hydrogen) atoms. The predicted octanol–water partition coefficient (Wildman–Crippen LogP) is 3.34. The van der Waals surface area contributed by atoms with E-state index in [-0.39, 0.29) is 0 Å². The fourth-order valence-corrected chi connectivity index (χ4v) is 1.83. The minimum absolute atomic E-state index is 0.606. The van der Waals surface area contributed by atoms with Crippen LogP contribution >= 0.6 is 11.3 Å². The first-order valence-electron chi connectivity index (χ1n) is 4.83. The SMILES string of the molecule is Cc1ccc(C)c(OCc2cncs2)c1. The molecule has 1 heterocycles. The number of aromatic nitrogens is 1. The van der Waals surface area contributed by atoms with Gasteiger partial charge in [0.05, 0.1) is 10.4 Å². The van der Waals surface area contributed by atoms with Crippen molar-refractivity contribution in [1.29, 1.82) is 0 Å². The van der Waals surface area contributed by atoms with Crippen LogP contribution in [0.2, 0.25) is 0 Å². The maximum absolute atomic E-state index is 5.73. The Morgan fingerprint density at radius 1 is 1.33 bits per heavy atom. The number of hydrogen-bond acceptors (Lipinski definition) is 3. The second-order valence-corrected chi connectivity index (χ2v) is 4.50. The molecule has 1 aromatic carbocycles. The van der Waals surface area contributed by atoms with Gasteiger partial charge in [-0.05, 0) is 31.0 Å². The van der Waals surface area contributed by atoms with E-state index in [2.05, 4.69) is 37.0 Å². The molecule has 0 unspecified atom stereocenters. The number of ether oxygens (including phenoxy) is 1. The fourth-order valence-electron chi connectivity index (χ4n) is 1.33. The van der Waals surface area contributed by atoms with Gasteiger partial charge in [0.1, 0.15) is 12.4 Å². The van der Waals surface area contributed by atoms with Crippen LogP contribution in [-0.4, -0.2) is 4.98 Å². The number of nitrogens with zero attached hydrogens (tertiary/aromatic N) is 1. The zero-order chi connectivity index (χ0) is 10.7. The van der Waals surface area contributed by atoms with E-state index in [1.807, 2.05) is 11.7 Å². The van der Waals surface area contributed by atoms with Gasteiger partial charge in [-0.25, -0.2) is 0 Å². The molecule has 0 saturated carbocycles. The second kappa shape index (κ2) is 4.45. The minimum atomic E-state index is 0.606. The van der Waals surface area contributed by atoms with Crippen LogP contribution in [0, 0.1) is 13.8 Å². The summed E-state index contributed by atoms with van der Waals surface area (Å²) in [5.41, 5.74) is 4.21. The molecule has 0 atom stereocenters. The summed E-state index contributed by atoms with van der Waals surface area (Å²) >= 11 is 1.62. The smallest absolute Gasteiger partial charge is 0.124 e. The molecule has 0 N–H and O–H groups in total. The first-order valence-corrected chi connectivity index (χ1v) is 5.71. The predicted molar refractivity (Wildman–Crippen MR) is 62.4 cm³/mol. The van der Waals surface area contributed by atoms with E-state index in [1.165, 1.54) is 11.1 Å². The van der Waals surface area contributed by atoms with Crippen LogP contribution < -0.4 is 4.74 Å². The summed E-state index contributed by atoms with van der Waals surface area (Å²) in [5.74, 6) is 0.961. The summed E-state index contributed by atoms with van der Waals surface area (Å²) in [6.45, 7) is 4.73. The van der Waals surface area contributed by atoms with Crippen LogP contribution in [0.15, 0.2) is 29.9 Å². The van der Waals surface area contributed by atoms with E-state index in [4.69, 9.17) is 4.74 Å². The lowest BCUT2D eigenvalue weighted by Gasteiger charge is -2.08. The molecule has 3 heteroatoms. The number of rotatable bonds is 3. The third-order valence-corrected chi connectivity index (χ3v) is 2.95. The van der Waals surface area contributed by atoms with Crippen LogP contribution in [0.4, 0.5) is 0 Å². The standard InChI is InChI=1S/C12H13NOS/c1-9-3-4-10(2)12(5-9)14-7-11-6-13-8-15-11/h3-6,8H,7H2,1-2H3. The monoisotopic (exact) mass is 219 g/mol. The Hall–Kier alpha value is -1.35. The molecule has 2 nitrogen and oxygen atoms in total. The van der Waals surface area contributed by atoms with Crippen molar-refractivity contribution in [3.8, 4) is 5.75 Å². The van der Waals surface area contributed by atoms with Crippen LogP contribution in [0.1, 0.15) is 16.0 Å². The van der Waals surface area contributed by atoms with E-state index in [0.717, 1.165) is 10.6 Å². The van der Waals surface area contributed by atoms with Crippen molar-refractivity contribution in [3.63, 3.8) is 0 Å². The molecule has 0 radical (unpaired) electrons. The van der Waals surface area contributed by atoms with Crippen LogP contribution in [0.3, 0.4) is 0 Å². The van der Waals surface area contributed by atoms with E-state index in [0.29, 0.717) is 6.61 Å². The van der Waals surface area contributed by atoms with E-state index in [1.54, 1.807) is 11.3 Å². The Morgan fingerprint density at radius 3 is 2.93 bits per heavy atom. The zero-order valence-corrected chi connectivity index (χ0v) is 9.67. The summed E-state index contributed by atoms with van der Waals surface area (Å²) in [6.07, 6.45) is 1.84. The quantitative estimate of drug-likeness (QED) is 0.790. The van der Waals surface area contributed by atoms with E-state index in [9.17, 15) is 0 Å². The highest BCUT2D eigenvalue weighted by molar-refractivity contribution is 7.09. The first kappa shape index (κ1) is 10.2. The first-order chi connectivity index (χ1) is 7.25. The lowest BCUT2D eigenvalue weighted by Crippen LogP contribution is -1.95. The molecule has 0 aliphatic heterocycles. The number of thiazole rings is 1. The van der Waals surface area contributed by atoms with Gasteiger partial charge < -0.3 is 4.74 Å². The molecular formula is C12H13NOS. The molecule has 2 aromatic rings. The molecule has 1 aromatic heterocycles. The normalized spacial score (nSPS) is 10.3. The van der Waals surface area contributed by atoms with Crippen molar-refractivity contribution in [2.24, 2.45) is 0 Å². The van der Waals surface area contributed by atoms with Gasteiger partial charge in [-0.1, -0.05) is 12.1 Å². The molecule has 0 saturated heterocycles. The highest BCUT2D eigenvalue weighted by atomic mass is 32.1. The Balaban J connectivity index is 2.07. The molecule has 0 aliphatic carbocycles.